The summed E-state index contributed by atoms with van der Waals surface area (Å²) in [5.41, 5.74) is 13.1. The lowest BCUT2D eigenvalue weighted by Crippen LogP contribution is -2.37. The minimum Gasteiger partial charge on any atom is -0.383 e. The molecule has 0 aliphatic heterocycles. The van der Waals surface area contributed by atoms with Gasteiger partial charge in [0.1, 0.15) is 11.5 Å². The molecule has 0 saturated carbocycles. The molecular weight excluding hydrogens is 146 g/mol. The largest absolute Gasteiger partial charge is 0.383 e. The van der Waals surface area contributed by atoms with Crippen molar-refractivity contribution in [1.29, 1.82) is 5.41 Å². The Morgan fingerprint density at radius 3 is 2.55 bits per heavy atom. The summed E-state index contributed by atoms with van der Waals surface area (Å²) < 4.78 is 0. The Kier molecular flexibility index (Phi) is 4.16. The summed E-state index contributed by atoms with van der Waals surface area (Å²) in [7, 11) is 1.54. The minimum absolute atomic E-state index is 0.185. The first kappa shape index (κ1) is 9.86. The van der Waals surface area contributed by atoms with Gasteiger partial charge in [0, 0.05) is 7.05 Å². The van der Waals surface area contributed by atoms with E-state index in [1.165, 1.54) is 0 Å². The van der Waals surface area contributed by atoms with Gasteiger partial charge >= 0.3 is 0 Å². The molecule has 0 heterocycles. The number of rotatable bonds is 4. The van der Waals surface area contributed by atoms with Crippen molar-refractivity contribution in [3.63, 3.8) is 0 Å². The van der Waals surface area contributed by atoms with Gasteiger partial charge in [-0.2, -0.15) is 0 Å². The SMILES string of the molecule is CNO/N=C(/C(=N)N)C(C)N. The molecule has 0 radical (unpaired) electrons. The van der Waals surface area contributed by atoms with E-state index < -0.39 is 6.04 Å². The van der Waals surface area contributed by atoms with Crippen LogP contribution in [-0.2, 0) is 4.94 Å². The van der Waals surface area contributed by atoms with E-state index in [2.05, 4.69) is 15.6 Å². The van der Waals surface area contributed by atoms with Gasteiger partial charge in [-0.1, -0.05) is 5.16 Å². The first-order valence-corrected chi connectivity index (χ1v) is 3.10. The molecule has 0 aromatic rings. The lowest BCUT2D eigenvalue weighted by atomic mass is 10.2. The molecule has 0 spiro atoms. The zero-order valence-corrected chi connectivity index (χ0v) is 6.59. The molecule has 0 saturated heterocycles. The van der Waals surface area contributed by atoms with Crippen LogP contribution in [0.2, 0.25) is 0 Å². The molecule has 6 nitrogen and oxygen atoms in total. The van der Waals surface area contributed by atoms with E-state index in [1.54, 1.807) is 14.0 Å². The molecule has 64 valence electrons. The third-order valence-electron chi connectivity index (χ3n) is 0.943. The average molecular weight is 159 g/mol. The Morgan fingerprint density at radius 1 is 1.73 bits per heavy atom. The molecule has 0 aromatic carbocycles. The van der Waals surface area contributed by atoms with Gasteiger partial charge in [0.2, 0.25) is 0 Å². The topological polar surface area (TPSA) is 110 Å². The second kappa shape index (κ2) is 4.64. The van der Waals surface area contributed by atoms with Gasteiger partial charge < -0.3 is 11.5 Å². The normalized spacial score (nSPS) is 14.3. The molecule has 1 atom stereocenters. The molecule has 11 heavy (non-hydrogen) atoms. The zero-order valence-electron chi connectivity index (χ0n) is 6.59. The second-order valence-electron chi connectivity index (χ2n) is 1.97. The minimum atomic E-state index is -0.402. The van der Waals surface area contributed by atoms with E-state index in [-0.39, 0.29) is 11.5 Å². The van der Waals surface area contributed by atoms with E-state index in [1.807, 2.05) is 0 Å². The predicted octanol–water partition coefficient (Wildman–Crippen LogP) is -1.22. The highest BCUT2D eigenvalue weighted by molar-refractivity contribution is 6.41. The van der Waals surface area contributed by atoms with E-state index in [4.69, 9.17) is 16.9 Å². The van der Waals surface area contributed by atoms with Crippen LogP contribution in [0, 0.1) is 5.41 Å². The Bertz CT molecular complexity index is 164. The van der Waals surface area contributed by atoms with Crippen LogP contribution in [0.25, 0.3) is 0 Å². The first-order chi connectivity index (χ1) is 5.09. The van der Waals surface area contributed by atoms with Gasteiger partial charge in [-0.3, -0.25) is 10.3 Å². The third-order valence-corrected chi connectivity index (χ3v) is 0.943. The van der Waals surface area contributed by atoms with Gasteiger partial charge in [0.05, 0.1) is 6.04 Å². The molecular formula is C5H13N5O. The molecule has 1 unspecified atom stereocenters. The lowest BCUT2D eigenvalue weighted by molar-refractivity contribution is 0.0643. The van der Waals surface area contributed by atoms with Crippen molar-refractivity contribution in [1.82, 2.24) is 5.48 Å². The predicted molar refractivity (Wildman–Crippen MR) is 43.1 cm³/mol. The monoisotopic (exact) mass is 159 g/mol. The maximum atomic E-state index is 7.02. The molecule has 0 amide bonds. The van der Waals surface area contributed by atoms with Crippen molar-refractivity contribution >= 4 is 11.5 Å². The molecule has 0 aromatic heterocycles. The van der Waals surface area contributed by atoms with Crippen molar-refractivity contribution in [2.45, 2.75) is 13.0 Å². The molecule has 6 N–H and O–H groups in total. The standard InChI is InChI=1S/C5H13N5O/c1-3(6)4(5(7)8)10-11-9-2/h3,9H,6H2,1-2H3,(H3,7,8)/b10-4+. The average Bonchev–Trinajstić information content (AvgIpc) is 1.87. The fourth-order valence-electron chi connectivity index (χ4n) is 0.472. The van der Waals surface area contributed by atoms with Crippen LogP contribution in [0.1, 0.15) is 6.92 Å². The Morgan fingerprint density at radius 2 is 2.27 bits per heavy atom. The maximum Gasteiger partial charge on any atom is 0.142 e. The number of nitrogens with zero attached hydrogens (tertiary/aromatic N) is 1. The van der Waals surface area contributed by atoms with Crippen molar-refractivity contribution < 1.29 is 4.94 Å². The molecule has 0 aliphatic rings. The van der Waals surface area contributed by atoms with Crippen molar-refractivity contribution in [2.75, 3.05) is 7.05 Å². The number of nitrogens with two attached hydrogens (primary N) is 2. The van der Waals surface area contributed by atoms with E-state index in [0.29, 0.717) is 0 Å². The van der Waals surface area contributed by atoms with E-state index in [0.717, 1.165) is 0 Å². The summed E-state index contributed by atoms with van der Waals surface area (Å²) in [5, 5.41) is 10.5. The fraction of sp³-hybridized carbons (Fsp3) is 0.600. The smallest absolute Gasteiger partial charge is 0.142 e. The number of hydrogen-bond acceptors (Lipinski definition) is 5. The van der Waals surface area contributed by atoms with Crippen LogP contribution >= 0.6 is 0 Å². The van der Waals surface area contributed by atoms with Gasteiger partial charge in [0.15, 0.2) is 0 Å². The van der Waals surface area contributed by atoms with Gasteiger partial charge in [0.25, 0.3) is 0 Å². The van der Waals surface area contributed by atoms with E-state index in [9.17, 15) is 0 Å². The Hall–Kier alpha value is -1.14. The quantitative estimate of drug-likeness (QED) is 0.234. The van der Waals surface area contributed by atoms with Crippen LogP contribution < -0.4 is 16.9 Å². The van der Waals surface area contributed by atoms with Crippen molar-refractivity contribution in [2.24, 2.45) is 16.6 Å². The summed E-state index contributed by atoms with van der Waals surface area (Å²) in [6, 6.07) is -0.402. The van der Waals surface area contributed by atoms with Gasteiger partial charge in [-0.15, -0.1) is 5.48 Å². The van der Waals surface area contributed by atoms with Crippen LogP contribution in [0.3, 0.4) is 0 Å². The third kappa shape index (κ3) is 3.54. The van der Waals surface area contributed by atoms with Crippen LogP contribution in [0.15, 0.2) is 5.16 Å². The zero-order chi connectivity index (χ0) is 8.85. The molecule has 0 bridgehead atoms. The highest BCUT2D eigenvalue weighted by atomic mass is 16.8. The highest BCUT2D eigenvalue weighted by Crippen LogP contribution is 1.84. The van der Waals surface area contributed by atoms with Crippen LogP contribution in [0.5, 0.6) is 0 Å². The molecule has 0 rings (SSSR count). The highest BCUT2D eigenvalue weighted by Gasteiger charge is 2.09. The van der Waals surface area contributed by atoms with Gasteiger partial charge in [-0.25, -0.2) is 0 Å². The summed E-state index contributed by atoms with van der Waals surface area (Å²) in [5.74, 6) is -0.185. The summed E-state index contributed by atoms with van der Waals surface area (Å²) in [6.07, 6.45) is 0. The number of nitrogens with one attached hydrogen (secondary N) is 2. The summed E-state index contributed by atoms with van der Waals surface area (Å²) >= 11 is 0. The number of amidine groups is 1. The lowest BCUT2D eigenvalue weighted by Gasteiger charge is -2.06. The molecule has 0 aliphatic carbocycles. The molecule has 6 heteroatoms. The number of hydroxylamine groups is 1. The van der Waals surface area contributed by atoms with E-state index >= 15 is 0 Å². The van der Waals surface area contributed by atoms with Crippen molar-refractivity contribution in [3.8, 4) is 0 Å². The number of hydrogen-bond donors (Lipinski definition) is 4. The van der Waals surface area contributed by atoms with Crippen molar-refractivity contribution in [3.05, 3.63) is 0 Å². The Balaban J connectivity index is 4.21. The fourth-order valence-corrected chi connectivity index (χ4v) is 0.472. The first-order valence-electron chi connectivity index (χ1n) is 3.10. The second-order valence-corrected chi connectivity index (χ2v) is 1.97. The summed E-state index contributed by atoms with van der Waals surface area (Å²) in [6.45, 7) is 1.67. The summed E-state index contributed by atoms with van der Waals surface area (Å²) in [4.78, 5) is 4.46. The van der Waals surface area contributed by atoms with Gasteiger partial charge in [-0.05, 0) is 6.92 Å². The van der Waals surface area contributed by atoms with Crippen LogP contribution in [0.4, 0.5) is 0 Å². The maximum absolute atomic E-state index is 7.02. The van der Waals surface area contributed by atoms with Crippen LogP contribution in [-0.4, -0.2) is 24.6 Å². The number of oxime groups is 1. The Labute approximate surface area is 65.0 Å². The molecule has 0 fully saturated rings.